The molecule has 0 N–H and O–H groups in total. The van der Waals surface area contributed by atoms with Crippen LogP contribution in [0.1, 0.15) is 16.7 Å². The molecule has 35 heavy (non-hydrogen) atoms. The first-order valence-electron chi connectivity index (χ1n) is 10.7. The molecule has 0 aliphatic heterocycles. The molecule has 0 atom stereocenters. The zero-order valence-electron chi connectivity index (χ0n) is 18.5. The van der Waals surface area contributed by atoms with Crippen LogP contribution in [0, 0.1) is 0 Å². The van der Waals surface area contributed by atoms with Crippen LogP contribution < -0.4 is 10.4 Å². The van der Waals surface area contributed by atoms with E-state index in [2.05, 4.69) is 4.98 Å². The first-order chi connectivity index (χ1) is 16.8. The number of imidazole rings is 1. The lowest BCUT2D eigenvalue weighted by atomic mass is 10.1. The summed E-state index contributed by atoms with van der Waals surface area (Å²) in [6.45, 7) is 0.444. The number of aromatic nitrogens is 2. The third-order valence-corrected chi connectivity index (χ3v) is 6.64. The van der Waals surface area contributed by atoms with Gasteiger partial charge in [-0.1, -0.05) is 42.1 Å². The smallest absolute Gasteiger partial charge is 0.416 e. The van der Waals surface area contributed by atoms with Gasteiger partial charge in [0.1, 0.15) is 11.3 Å². The minimum Gasteiger partial charge on any atom is -0.497 e. The fourth-order valence-corrected chi connectivity index (χ4v) is 4.92. The number of methoxy groups -OCH3 is 1. The Balaban J connectivity index is 1.55. The summed E-state index contributed by atoms with van der Waals surface area (Å²) >= 11 is 1.35. The maximum absolute atomic E-state index is 13.3. The number of ether oxygens (including phenoxy) is 1. The number of nitrogens with zero attached hydrogens (tertiary/aromatic N) is 2. The molecule has 0 bridgehead atoms. The van der Waals surface area contributed by atoms with Gasteiger partial charge in [0.15, 0.2) is 5.16 Å². The molecule has 0 amide bonds. The van der Waals surface area contributed by atoms with Crippen molar-refractivity contribution in [2.75, 3.05) is 7.11 Å². The Morgan fingerprint density at radius 2 is 1.83 bits per heavy atom. The van der Waals surface area contributed by atoms with Crippen molar-refractivity contribution in [1.29, 1.82) is 0 Å². The number of fused-ring (bicyclic) bond motifs is 2. The van der Waals surface area contributed by atoms with Crippen molar-refractivity contribution >= 4 is 33.8 Å². The molecular formula is C26H19F3N2O3S. The summed E-state index contributed by atoms with van der Waals surface area (Å²) in [5.74, 6) is 0.939. The SMILES string of the molecule is COc1ccc2c(CSc3nc4cc(C(F)(F)F)ccc4n3Cc3ccccc3)cc(=O)oc2c1. The number of halogens is 3. The van der Waals surface area contributed by atoms with Gasteiger partial charge in [-0.25, -0.2) is 9.78 Å². The Morgan fingerprint density at radius 1 is 1.03 bits per heavy atom. The van der Waals surface area contributed by atoms with Gasteiger partial charge < -0.3 is 13.7 Å². The molecular weight excluding hydrogens is 477 g/mol. The first kappa shape index (κ1) is 23.0. The van der Waals surface area contributed by atoms with Crippen molar-refractivity contribution in [1.82, 2.24) is 9.55 Å². The summed E-state index contributed by atoms with van der Waals surface area (Å²) < 4.78 is 52.3. The van der Waals surface area contributed by atoms with E-state index in [0.717, 1.165) is 28.6 Å². The van der Waals surface area contributed by atoms with E-state index in [0.29, 0.717) is 34.3 Å². The molecule has 0 spiro atoms. The second-order valence-electron chi connectivity index (χ2n) is 7.91. The van der Waals surface area contributed by atoms with Gasteiger partial charge in [-0.15, -0.1) is 0 Å². The maximum atomic E-state index is 13.3. The molecule has 0 radical (unpaired) electrons. The molecule has 0 saturated carbocycles. The maximum Gasteiger partial charge on any atom is 0.416 e. The molecule has 0 fully saturated rings. The van der Waals surface area contributed by atoms with Crippen LogP contribution in [0.25, 0.3) is 22.0 Å². The number of benzene rings is 3. The third-order valence-electron chi connectivity index (χ3n) is 5.62. The van der Waals surface area contributed by atoms with E-state index in [1.165, 1.54) is 31.0 Å². The highest BCUT2D eigenvalue weighted by Gasteiger charge is 2.31. The highest BCUT2D eigenvalue weighted by molar-refractivity contribution is 7.98. The van der Waals surface area contributed by atoms with Crippen LogP contribution in [-0.2, 0) is 18.5 Å². The van der Waals surface area contributed by atoms with Crippen LogP contribution in [0.5, 0.6) is 5.75 Å². The molecule has 5 nitrogen and oxygen atoms in total. The predicted molar refractivity (Wildman–Crippen MR) is 129 cm³/mol. The fraction of sp³-hybridized carbons (Fsp3) is 0.154. The Hall–Kier alpha value is -3.72. The van der Waals surface area contributed by atoms with Gasteiger partial charge in [0.2, 0.25) is 0 Å². The van der Waals surface area contributed by atoms with Crippen LogP contribution in [0.3, 0.4) is 0 Å². The summed E-state index contributed by atoms with van der Waals surface area (Å²) in [6, 6.07) is 19.9. The topological polar surface area (TPSA) is 57.3 Å². The van der Waals surface area contributed by atoms with Gasteiger partial charge in [0.05, 0.1) is 30.3 Å². The zero-order chi connectivity index (χ0) is 24.6. The van der Waals surface area contributed by atoms with Gasteiger partial charge in [-0.3, -0.25) is 0 Å². The average Bonchev–Trinajstić information content (AvgIpc) is 3.18. The number of alkyl halides is 3. The second-order valence-corrected chi connectivity index (χ2v) is 8.85. The minimum atomic E-state index is -4.46. The first-order valence-corrected chi connectivity index (χ1v) is 11.7. The summed E-state index contributed by atoms with van der Waals surface area (Å²) in [7, 11) is 1.53. The molecule has 0 aliphatic rings. The van der Waals surface area contributed by atoms with Crippen molar-refractivity contribution in [2.45, 2.75) is 23.6 Å². The van der Waals surface area contributed by atoms with Crippen molar-refractivity contribution in [3.05, 3.63) is 99.9 Å². The molecule has 0 saturated heterocycles. The molecule has 9 heteroatoms. The second kappa shape index (κ2) is 9.14. The van der Waals surface area contributed by atoms with E-state index in [1.807, 2.05) is 41.0 Å². The molecule has 5 aromatic rings. The largest absolute Gasteiger partial charge is 0.497 e. The quantitative estimate of drug-likeness (QED) is 0.198. The van der Waals surface area contributed by atoms with Crippen molar-refractivity contribution in [3.63, 3.8) is 0 Å². The summed E-state index contributed by atoms with van der Waals surface area (Å²) in [6.07, 6.45) is -4.46. The van der Waals surface area contributed by atoms with Crippen LogP contribution >= 0.6 is 11.8 Å². The molecule has 2 aromatic heterocycles. The lowest BCUT2D eigenvalue weighted by Gasteiger charge is -2.11. The Morgan fingerprint density at radius 3 is 2.57 bits per heavy atom. The molecule has 0 unspecified atom stereocenters. The molecule has 0 aliphatic carbocycles. The molecule has 2 heterocycles. The number of hydrogen-bond acceptors (Lipinski definition) is 5. The Labute approximate surface area is 202 Å². The van der Waals surface area contributed by atoms with E-state index in [4.69, 9.17) is 9.15 Å². The highest BCUT2D eigenvalue weighted by atomic mass is 32.2. The summed E-state index contributed by atoms with van der Waals surface area (Å²) in [5.41, 5.74) is 1.76. The van der Waals surface area contributed by atoms with Gasteiger partial charge in [-0.05, 0) is 41.5 Å². The molecule has 178 valence electrons. The Kier molecular flexibility index (Phi) is 6.02. The van der Waals surface area contributed by atoms with Crippen LogP contribution in [0.4, 0.5) is 13.2 Å². The van der Waals surface area contributed by atoms with E-state index in [1.54, 1.807) is 12.1 Å². The monoisotopic (exact) mass is 496 g/mol. The number of rotatable bonds is 6. The van der Waals surface area contributed by atoms with E-state index < -0.39 is 17.4 Å². The summed E-state index contributed by atoms with van der Waals surface area (Å²) in [5, 5.41) is 1.31. The lowest BCUT2D eigenvalue weighted by Crippen LogP contribution is -2.05. The van der Waals surface area contributed by atoms with Gasteiger partial charge in [0.25, 0.3) is 0 Å². The molecule has 5 rings (SSSR count). The van der Waals surface area contributed by atoms with Crippen LogP contribution in [0.2, 0.25) is 0 Å². The van der Waals surface area contributed by atoms with E-state index in [9.17, 15) is 18.0 Å². The lowest BCUT2D eigenvalue weighted by molar-refractivity contribution is -0.137. The molecule has 3 aromatic carbocycles. The number of hydrogen-bond donors (Lipinski definition) is 0. The van der Waals surface area contributed by atoms with Crippen molar-refractivity contribution in [3.8, 4) is 5.75 Å². The zero-order valence-corrected chi connectivity index (χ0v) is 19.3. The highest BCUT2D eigenvalue weighted by Crippen LogP contribution is 2.34. The summed E-state index contributed by atoms with van der Waals surface area (Å²) in [4.78, 5) is 16.7. The van der Waals surface area contributed by atoms with E-state index >= 15 is 0 Å². The van der Waals surface area contributed by atoms with E-state index in [-0.39, 0.29) is 5.52 Å². The normalized spacial score (nSPS) is 11.9. The minimum absolute atomic E-state index is 0.264. The van der Waals surface area contributed by atoms with Crippen molar-refractivity contribution in [2.24, 2.45) is 0 Å². The predicted octanol–water partition coefficient (Wildman–Crippen LogP) is 6.51. The average molecular weight is 497 g/mol. The standard InChI is InChI=1S/C26H19F3N2O3S/c1-33-19-8-9-20-17(11-24(32)34-23(20)13-19)15-35-25-30-21-12-18(26(27,28)29)7-10-22(21)31(25)14-16-5-3-2-4-6-16/h2-13H,14-15H2,1H3. The van der Waals surface area contributed by atoms with Gasteiger partial charge in [-0.2, -0.15) is 13.2 Å². The Bertz CT molecular complexity index is 1580. The van der Waals surface area contributed by atoms with Crippen molar-refractivity contribution < 1.29 is 22.3 Å². The third kappa shape index (κ3) is 4.77. The fourth-order valence-electron chi connectivity index (χ4n) is 3.91. The van der Waals surface area contributed by atoms with Crippen LogP contribution in [-0.4, -0.2) is 16.7 Å². The van der Waals surface area contributed by atoms with Gasteiger partial charge >= 0.3 is 11.8 Å². The van der Waals surface area contributed by atoms with Gasteiger partial charge in [0, 0.05) is 23.3 Å². The van der Waals surface area contributed by atoms with Crippen LogP contribution in [0.15, 0.2) is 87.2 Å². The number of thioether (sulfide) groups is 1.